The van der Waals surface area contributed by atoms with Gasteiger partial charge in [0.15, 0.2) is 0 Å². The second-order valence-electron chi connectivity index (χ2n) is 8.44. The van der Waals surface area contributed by atoms with E-state index in [1.54, 1.807) is 0 Å². The summed E-state index contributed by atoms with van der Waals surface area (Å²) in [5.41, 5.74) is 1.87. The molecule has 0 aromatic carbocycles. The molecule has 4 aliphatic rings. The van der Waals surface area contributed by atoms with Gasteiger partial charge in [0.2, 0.25) is 0 Å². The van der Waals surface area contributed by atoms with Gasteiger partial charge in [-0.1, -0.05) is 25.5 Å². The molecule has 116 valence electrons. The fourth-order valence-corrected chi connectivity index (χ4v) is 6.19. The zero-order chi connectivity index (χ0) is 14.8. The first-order chi connectivity index (χ1) is 9.95. The normalized spacial score (nSPS) is 52.3. The average Bonchev–Trinajstić information content (AvgIpc) is 2.76. The first-order valence-electron chi connectivity index (χ1n) is 8.72. The zero-order valence-corrected chi connectivity index (χ0v) is 13.3. The summed E-state index contributed by atoms with van der Waals surface area (Å²) in [5, 5.41) is 20.3. The van der Waals surface area contributed by atoms with Gasteiger partial charge in [-0.15, -0.1) is 0 Å². The summed E-state index contributed by atoms with van der Waals surface area (Å²) in [7, 11) is 0. The molecule has 4 aliphatic carbocycles. The van der Waals surface area contributed by atoms with Crippen LogP contribution in [0.4, 0.5) is 0 Å². The quantitative estimate of drug-likeness (QED) is 0.650. The summed E-state index contributed by atoms with van der Waals surface area (Å²) >= 11 is 0. The number of rotatable bonds is 0. The zero-order valence-electron chi connectivity index (χ0n) is 13.3. The summed E-state index contributed by atoms with van der Waals surface area (Å²) in [6.45, 7) is 4.73. The molecule has 0 aromatic heterocycles. The van der Waals surface area contributed by atoms with E-state index >= 15 is 0 Å². The molecule has 2 heteroatoms. The number of allylic oxidation sites excluding steroid dienone is 3. The van der Waals surface area contributed by atoms with Crippen molar-refractivity contribution >= 4 is 0 Å². The molecule has 21 heavy (non-hydrogen) atoms. The predicted molar refractivity (Wildman–Crippen MR) is 83.8 cm³/mol. The highest BCUT2D eigenvalue weighted by molar-refractivity contribution is 5.27. The molecule has 0 saturated heterocycles. The maximum atomic E-state index is 10.3. The molecule has 0 aromatic rings. The Morgan fingerprint density at radius 1 is 1.00 bits per heavy atom. The fraction of sp³-hybridized carbons (Fsp3) is 0.789. The molecule has 4 rings (SSSR count). The minimum atomic E-state index is -0.119. The van der Waals surface area contributed by atoms with Gasteiger partial charge in [0.05, 0.1) is 11.9 Å². The van der Waals surface area contributed by atoms with Crippen LogP contribution in [0.5, 0.6) is 0 Å². The van der Waals surface area contributed by atoms with E-state index in [-0.39, 0.29) is 11.5 Å². The minimum Gasteiger partial charge on any atom is -0.512 e. The molecule has 2 nitrogen and oxygen atoms in total. The van der Waals surface area contributed by atoms with Crippen molar-refractivity contribution in [3.05, 3.63) is 23.5 Å². The first-order valence-corrected chi connectivity index (χ1v) is 8.72. The molecule has 2 saturated carbocycles. The van der Waals surface area contributed by atoms with E-state index in [4.69, 9.17) is 0 Å². The summed E-state index contributed by atoms with van der Waals surface area (Å²) in [6, 6.07) is 0. The minimum absolute atomic E-state index is 0.0387. The van der Waals surface area contributed by atoms with E-state index in [2.05, 4.69) is 26.0 Å². The lowest BCUT2D eigenvalue weighted by molar-refractivity contribution is -0.0391. The van der Waals surface area contributed by atoms with E-state index in [1.165, 1.54) is 12.0 Å². The number of aliphatic hydroxyl groups is 2. The average molecular weight is 288 g/mol. The van der Waals surface area contributed by atoms with Crippen molar-refractivity contribution in [2.24, 2.45) is 28.6 Å². The van der Waals surface area contributed by atoms with Crippen LogP contribution < -0.4 is 0 Å². The van der Waals surface area contributed by atoms with E-state index in [9.17, 15) is 10.2 Å². The predicted octanol–water partition coefficient (Wildman–Crippen LogP) is 4.36. The molecule has 0 radical (unpaired) electrons. The van der Waals surface area contributed by atoms with Crippen molar-refractivity contribution in [1.82, 2.24) is 0 Å². The van der Waals surface area contributed by atoms with Crippen LogP contribution in [0.2, 0.25) is 0 Å². The van der Waals surface area contributed by atoms with Crippen LogP contribution in [0, 0.1) is 28.6 Å². The van der Waals surface area contributed by atoms with E-state index < -0.39 is 0 Å². The van der Waals surface area contributed by atoms with Crippen molar-refractivity contribution in [3.63, 3.8) is 0 Å². The van der Waals surface area contributed by atoms with E-state index in [0.29, 0.717) is 23.0 Å². The monoisotopic (exact) mass is 288 g/mol. The van der Waals surface area contributed by atoms with Gasteiger partial charge < -0.3 is 10.2 Å². The molecule has 0 bridgehead atoms. The molecule has 1 unspecified atom stereocenters. The van der Waals surface area contributed by atoms with Crippen LogP contribution in [-0.4, -0.2) is 16.3 Å². The molecule has 0 amide bonds. The van der Waals surface area contributed by atoms with Gasteiger partial charge in [-0.05, 0) is 74.2 Å². The van der Waals surface area contributed by atoms with Crippen molar-refractivity contribution < 1.29 is 10.2 Å². The summed E-state index contributed by atoms with van der Waals surface area (Å²) in [6.07, 6.45) is 12.0. The maximum absolute atomic E-state index is 10.3. The first kappa shape index (κ1) is 13.9. The van der Waals surface area contributed by atoms with Gasteiger partial charge in [-0.25, -0.2) is 0 Å². The van der Waals surface area contributed by atoms with Crippen molar-refractivity contribution in [2.45, 2.75) is 64.9 Å². The lowest BCUT2D eigenvalue weighted by atomic mass is 9.48. The Morgan fingerprint density at radius 2 is 1.76 bits per heavy atom. The van der Waals surface area contributed by atoms with Crippen LogP contribution in [0.15, 0.2) is 23.5 Å². The summed E-state index contributed by atoms with van der Waals surface area (Å²) in [5.74, 6) is 2.75. The molecule has 0 spiro atoms. The Bertz CT molecular complexity index is 520. The third kappa shape index (κ3) is 1.75. The lowest BCUT2D eigenvalue weighted by Crippen LogP contribution is -2.49. The number of hydrogen-bond donors (Lipinski definition) is 2. The Balaban J connectivity index is 1.68. The van der Waals surface area contributed by atoms with Gasteiger partial charge in [0, 0.05) is 5.41 Å². The van der Waals surface area contributed by atoms with Crippen LogP contribution in [0.3, 0.4) is 0 Å². The highest BCUT2D eigenvalue weighted by Crippen LogP contribution is 2.64. The fourth-order valence-electron chi connectivity index (χ4n) is 6.19. The number of aliphatic hydroxyl groups excluding tert-OH is 2. The highest BCUT2D eigenvalue weighted by Gasteiger charge is 2.56. The molecule has 0 heterocycles. The highest BCUT2D eigenvalue weighted by atomic mass is 16.3. The summed E-state index contributed by atoms with van der Waals surface area (Å²) in [4.78, 5) is 0. The molecule has 2 N–H and O–H groups in total. The third-order valence-corrected chi connectivity index (χ3v) is 7.62. The topological polar surface area (TPSA) is 40.5 Å². The Morgan fingerprint density at radius 3 is 2.57 bits per heavy atom. The Kier molecular flexibility index (Phi) is 2.89. The van der Waals surface area contributed by atoms with E-state index in [1.807, 2.05) is 0 Å². The second kappa shape index (κ2) is 4.38. The van der Waals surface area contributed by atoms with Gasteiger partial charge in [0.1, 0.15) is 0 Å². The smallest absolute Gasteiger partial charge is 0.0944 e. The van der Waals surface area contributed by atoms with Crippen LogP contribution in [0.25, 0.3) is 0 Å². The molecular formula is C19H28O2. The van der Waals surface area contributed by atoms with Crippen molar-refractivity contribution in [3.8, 4) is 0 Å². The number of fused-ring (bicyclic) bond motifs is 5. The maximum Gasteiger partial charge on any atom is 0.0944 e. The van der Waals surface area contributed by atoms with Crippen LogP contribution >= 0.6 is 0 Å². The Labute approximate surface area is 127 Å². The molecule has 2 fully saturated rings. The third-order valence-electron chi connectivity index (χ3n) is 7.62. The molecule has 6 atom stereocenters. The largest absolute Gasteiger partial charge is 0.512 e. The Hall–Kier alpha value is -0.760. The molecule has 0 aliphatic heterocycles. The van der Waals surface area contributed by atoms with Gasteiger partial charge in [0.25, 0.3) is 0 Å². The molecular weight excluding hydrogens is 260 g/mol. The van der Waals surface area contributed by atoms with Gasteiger partial charge in [-0.2, -0.15) is 0 Å². The van der Waals surface area contributed by atoms with Crippen LogP contribution in [0.1, 0.15) is 58.8 Å². The summed E-state index contributed by atoms with van der Waals surface area (Å²) < 4.78 is 0. The standard InChI is InChI=1S/C19H28O2/c1-18-9-7-13(20)11-12(18)3-4-14-15-5-6-17(21)19(15,2)10-8-16(14)18/h3,6,13-16,20-21H,4-5,7-11H2,1-2H3/t13?,14-,15-,16-,18-,19-/m0/s1. The van der Waals surface area contributed by atoms with E-state index in [0.717, 1.165) is 44.4 Å². The van der Waals surface area contributed by atoms with Gasteiger partial charge >= 0.3 is 0 Å². The van der Waals surface area contributed by atoms with Crippen molar-refractivity contribution in [1.29, 1.82) is 0 Å². The van der Waals surface area contributed by atoms with Crippen LogP contribution in [-0.2, 0) is 0 Å². The lowest BCUT2D eigenvalue weighted by Gasteiger charge is -2.57. The SMILES string of the molecule is C[C@]12CCC(O)CC1=CC[C@@H]1[C@@H]2CC[C@]2(C)C(O)=CC[C@@H]12. The number of hydrogen-bond acceptors (Lipinski definition) is 2. The second-order valence-corrected chi connectivity index (χ2v) is 8.44. The van der Waals surface area contributed by atoms with Gasteiger partial charge in [-0.3, -0.25) is 0 Å². The van der Waals surface area contributed by atoms with Crippen molar-refractivity contribution in [2.75, 3.05) is 0 Å².